The predicted octanol–water partition coefficient (Wildman–Crippen LogP) is 4.05. The van der Waals surface area contributed by atoms with Crippen LogP contribution >= 0.6 is 0 Å². The topological polar surface area (TPSA) is 34.1 Å². The second-order valence-corrected chi connectivity index (χ2v) is 7.40. The summed E-state index contributed by atoms with van der Waals surface area (Å²) in [5.74, 6) is 1.94. The van der Waals surface area contributed by atoms with Gasteiger partial charge in [0.15, 0.2) is 0 Å². The Hall–Kier alpha value is -0.0500. The predicted molar refractivity (Wildman–Crippen MR) is 76.0 cm³/mol. The summed E-state index contributed by atoms with van der Waals surface area (Å²) >= 11 is 0. The van der Waals surface area contributed by atoms with Gasteiger partial charge in [-0.15, -0.1) is 0 Å². The van der Waals surface area contributed by atoms with Crippen LogP contribution in [0, 0.1) is 11.8 Å². The molecule has 2 nitrogen and oxygen atoms in total. The van der Waals surface area contributed by atoms with E-state index in [4.69, 9.17) is 0 Å². The monoisotopic (exact) mass is 262 g/mol. The third kappa shape index (κ3) is 7.80. The largest absolute Gasteiger partial charge is 0.229 e. The molecule has 0 aromatic rings. The summed E-state index contributed by atoms with van der Waals surface area (Å²) in [5.41, 5.74) is 0. The van der Waals surface area contributed by atoms with Gasteiger partial charge in [0, 0.05) is 0 Å². The lowest BCUT2D eigenvalue weighted by Crippen LogP contribution is -2.16. The van der Waals surface area contributed by atoms with E-state index in [0.717, 1.165) is 38.5 Å². The zero-order chi connectivity index (χ0) is 13.3. The van der Waals surface area contributed by atoms with Crippen LogP contribution in [0.1, 0.15) is 66.2 Å². The first-order valence-electron chi connectivity index (χ1n) is 7.19. The van der Waals surface area contributed by atoms with Gasteiger partial charge in [0.25, 0.3) is 0 Å². The first kappa shape index (κ1) is 16.9. The Morgan fingerprint density at radius 2 is 1.00 bits per heavy atom. The Balaban J connectivity index is 4.03. The van der Waals surface area contributed by atoms with Gasteiger partial charge in [0.2, 0.25) is 0 Å². The van der Waals surface area contributed by atoms with Crippen LogP contribution in [0.5, 0.6) is 0 Å². The molecule has 0 aliphatic carbocycles. The Morgan fingerprint density at radius 3 is 1.24 bits per heavy atom. The standard InChI is InChI=1S/C14H30O2S/c1-5-13(6-2)9-11-17(15,16)12-10-14(7-3)8-4/h13-14H,5-12H2,1-4H3. The van der Waals surface area contributed by atoms with Crippen molar-refractivity contribution in [3.63, 3.8) is 0 Å². The minimum absolute atomic E-state index is 0.388. The van der Waals surface area contributed by atoms with Crippen molar-refractivity contribution >= 4 is 9.84 Å². The lowest BCUT2D eigenvalue weighted by molar-refractivity contribution is 0.464. The number of hydrogen-bond acceptors (Lipinski definition) is 2. The molecule has 0 amide bonds. The number of sulfone groups is 1. The molecule has 17 heavy (non-hydrogen) atoms. The SMILES string of the molecule is CCC(CC)CCS(=O)(=O)CCC(CC)CC. The third-order valence-corrected chi connectivity index (χ3v) is 5.70. The number of hydrogen-bond donors (Lipinski definition) is 0. The molecule has 0 aromatic heterocycles. The Kier molecular flexibility index (Phi) is 8.93. The van der Waals surface area contributed by atoms with E-state index in [1.54, 1.807) is 0 Å². The quantitative estimate of drug-likeness (QED) is 0.595. The smallest absolute Gasteiger partial charge is 0.150 e. The minimum Gasteiger partial charge on any atom is -0.229 e. The third-order valence-electron chi connectivity index (χ3n) is 3.98. The summed E-state index contributed by atoms with van der Waals surface area (Å²) in [5, 5.41) is 0. The summed E-state index contributed by atoms with van der Waals surface area (Å²) in [6, 6.07) is 0. The van der Waals surface area contributed by atoms with Crippen LogP contribution in [0.2, 0.25) is 0 Å². The highest BCUT2D eigenvalue weighted by atomic mass is 32.2. The molecule has 0 aliphatic heterocycles. The van der Waals surface area contributed by atoms with Crippen molar-refractivity contribution in [2.24, 2.45) is 11.8 Å². The van der Waals surface area contributed by atoms with Gasteiger partial charge in [-0.2, -0.15) is 0 Å². The van der Waals surface area contributed by atoms with E-state index < -0.39 is 9.84 Å². The summed E-state index contributed by atoms with van der Waals surface area (Å²) in [4.78, 5) is 0. The van der Waals surface area contributed by atoms with Gasteiger partial charge in [-0.05, 0) is 24.7 Å². The van der Waals surface area contributed by atoms with E-state index >= 15 is 0 Å². The molecule has 104 valence electrons. The summed E-state index contributed by atoms with van der Waals surface area (Å²) in [7, 11) is -2.81. The van der Waals surface area contributed by atoms with Gasteiger partial charge < -0.3 is 0 Å². The van der Waals surface area contributed by atoms with Crippen LogP contribution in [-0.2, 0) is 9.84 Å². The molecule has 0 unspecified atom stereocenters. The zero-order valence-corrected chi connectivity index (χ0v) is 12.9. The van der Waals surface area contributed by atoms with Crippen molar-refractivity contribution in [2.45, 2.75) is 66.2 Å². The van der Waals surface area contributed by atoms with Crippen LogP contribution in [0.4, 0.5) is 0 Å². The maximum absolute atomic E-state index is 11.9. The van der Waals surface area contributed by atoms with Crippen molar-refractivity contribution in [2.75, 3.05) is 11.5 Å². The van der Waals surface area contributed by atoms with Gasteiger partial charge >= 0.3 is 0 Å². The maximum Gasteiger partial charge on any atom is 0.150 e. The lowest BCUT2D eigenvalue weighted by atomic mass is 10.0. The summed E-state index contributed by atoms with van der Waals surface area (Å²) in [6.45, 7) is 8.58. The van der Waals surface area contributed by atoms with Gasteiger partial charge in [-0.25, -0.2) is 8.42 Å². The van der Waals surface area contributed by atoms with Gasteiger partial charge in [0.05, 0.1) is 11.5 Å². The second kappa shape index (κ2) is 8.96. The van der Waals surface area contributed by atoms with Crippen LogP contribution in [-0.4, -0.2) is 19.9 Å². The van der Waals surface area contributed by atoms with Gasteiger partial charge in [-0.3, -0.25) is 0 Å². The fourth-order valence-electron chi connectivity index (χ4n) is 2.19. The average molecular weight is 262 g/mol. The summed E-state index contributed by atoms with van der Waals surface area (Å²) < 4.78 is 23.8. The Bertz CT molecular complexity index is 240. The molecular formula is C14H30O2S. The lowest BCUT2D eigenvalue weighted by Gasteiger charge is -2.14. The fraction of sp³-hybridized carbons (Fsp3) is 1.00. The minimum atomic E-state index is -2.81. The van der Waals surface area contributed by atoms with E-state index in [-0.39, 0.29) is 0 Å². The van der Waals surface area contributed by atoms with Crippen molar-refractivity contribution < 1.29 is 8.42 Å². The molecule has 0 atom stereocenters. The number of rotatable bonds is 10. The van der Waals surface area contributed by atoms with Crippen LogP contribution < -0.4 is 0 Å². The first-order chi connectivity index (χ1) is 7.99. The fourth-order valence-corrected chi connectivity index (χ4v) is 3.78. The van der Waals surface area contributed by atoms with E-state index in [1.807, 2.05) is 0 Å². The first-order valence-corrected chi connectivity index (χ1v) is 9.01. The van der Waals surface area contributed by atoms with E-state index in [1.165, 1.54) is 0 Å². The molecule has 0 saturated heterocycles. The molecule has 3 heteroatoms. The molecule has 0 aliphatic rings. The van der Waals surface area contributed by atoms with Crippen LogP contribution in [0.25, 0.3) is 0 Å². The van der Waals surface area contributed by atoms with Crippen molar-refractivity contribution in [1.29, 1.82) is 0 Å². The average Bonchev–Trinajstić information content (AvgIpc) is 2.31. The molecule has 0 heterocycles. The highest BCUT2D eigenvalue weighted by Gasteiger charge is 2.15. The molecular weight excluding hydrogens is 232 g/mol. The Labute approximate surface area is 108 Å². The second-order valence-electron chi connectivity index (χ2n) is 5.09. The van der Waals surface area contributed by atoms with E-state index in [9.17, 15) is 8.42 Å². The summed E-state index contributed by atoms with van der Waals surface area (Å²) in [6.07, 6.45) is 6.07. The van der Waals surface area contributed by atoms with Crippen LogP contribution in [0.3, 0.4) is 0 Å². The van der Waals surface area contributed by atoms with Crippen molar-refractivity contribution in [3.05, 3.63) is 0 Å². The maximum atomic E-state index is 11.9. The highest BCUT2D eigenvalue weighted by molar-refractivity contribution is 7.91. The molecule has 0 aromatic carbocycles. The molecule has 0 bridgehead atoms. The van der Waals surface area contributed by atoms with Crippen LogP contribution in [0.15, 0.2) is 0 Å². The molecule has 0 fully saturated rings. The molecule has 0 N–H and O–H groups in total. The Morgan fingerprint density at radius 1 is 0.706 bits per heavy atom. The normalized spacial score (nSPS) is 12.6. The molecule has 0 spiro atoms. The highest BCUT2D eigenvalue weighted by Crippen LogP contribution is 2.17. The molecule has 0 saturated carbocycles. The zero-order valence-electron chi connectivity index (χ0n) is 12.0. The van der Waals surface area contributed by atoms with Gasteiger partial charge in [0.1, 0.15) is 9.84 Å². The van der Waals surface area contributed by atoms with Crippen molar-refractivity contribution in [1.82, 2.24) is 0 Å². The molecule has 0 radical (unpaired) electrons. The van der Waals surface area contributed by atoms with Crippen molar-refractivity contribution in [3.8, 4) is 0 Å². The molecule has 0 rings (SSSR count). The van der Waals surface area contributed by atoms with Gasteiger partial charge in [-0.1, -0.05) is 53.4 Å². The van der Waals surface area contributed by atoms with E-state index in [0.29, 0.717) is 23.3 Å². The van der Waals surface area contributed by atoms with E-state index in [2.05, 4.69) is 27.7 Å².